The van der Waals surface area contributed by atoms with Crippen molar-refractivity contribution in [1.82, 2.24) is 0 Å². The van der Waals surface area contributed by atoms with Crippen molar-refractivity contribution in [1.29, 1.82) is 0 Å². The Hall–Kier alpha value is -2.00. The lowest BCUT2D eigenvalue weighted by Crippen LogP contribution is -2.54. The Morgan fingerprint density at radius 2 is 1.37 bits per heavy atom. The third-order valence-electron chi connectivity index (χ3n) is 3.88. The minimum absolute atomic E-state index is 0.282. The molecule has 1 heterocycles. The molecule has 0 spiro atoms. The van der Waals surface area contributed by atoms with E-state index in [0.29, 0.717) is 0 Å². The van der Waals surface area contributed by atoms with E-state index in [0.717, 1.165) is 11.4 Å². The lowest BCUT2D eigenvalue weighted by Gasteiger charge is -2.38. The summed E-state index contributed by atoms with van der Waals surface area (Å²) in [5.41, 5.74) is 4.39. The van der Waals surface area contributed by atoms with E-state index >= 15 is 0 Å². The number of benzene rings is 2. The summed E-state index contributed by atoms with van der Waals surface area (Å²) in [6.07, 6.45) is 0. The number of hydrazine groups is 1. The van der Waals surface area contributed by atoms with E-state index in [2.05, 4.69) is 68.1 Å². The molecule has 0 fully saturated rings. The van der Waals surface area contributed by atoms with Crippen LogP contribution in [0.4, 0.5) is 17.1 Å². The van der Waals surface area contributed by atoms with Crippen LogP contribution in [0.2, 0.25) is 0 Å². The summed E-state index contributed by atoms with van der Waals surface area (Å²) in [5, 5.41) is 1.84. The predicted molar refractivity (Wildman–Crippen MR) is 80.5 cm³/mol. The smallest absolute Gasteiger partial charge is 0.126 e. The zero-order chi connectivity index (χ0) is 13.6. The zero-order valence-electron chi connectivity index (χ0n) is 11.6. The number of fused-ring (bicyclic) bond motifs is 1. The van der Waals surface area contributed by atoms with Gasteiger partial charge in [-0.05, 0) is 44.5 Å². The molecular formula is C16H19N3. The van der Waals surface area contributed by atoms with Gasteiger partial charge in [-0.2, -0.15) is 0 Å². The van der Waals surface area contributed by atoms with Crippen LogP contribution in [0.25, 0.3) is 0 Å². The fraction of sp³-hybridized carbons (Fsp3) is 0.250. The van der Waals surface area contributed by atoms with Crippen LogP contribution < -0.4 is 15.8 Å². The molecule has 0 amide bonds. The van der Waals surface area contributed by atoms with Crippen LogP contribution in [0.5, 0.6) is 0 Å². The largest absolute Gasteiger partial charge is 0.315 e. The van der Waals surface area contributed by atoms with Gasteiger partial charge in [0, 0.05) is 5.69 Å². The Bertz CT molecular complexity index is 619. The molecule has 0 atom stereocenters. The molecule has 0 radical (unpaired) electrons. The first-order valence-electron chi connectivity index (χ1n) is 6.53. The average molecular weight is 253 g/mol. The first-order chi connectivity index (χ1) is 9.03. The first kappa shape index (κ1) is 12.1. The molecule has 0 bridgehead atoms. The number of anilines is 3. The first-order valence-corrected chi connectivity index (χ1v) is 6.53. The molecule has 0 aliphatic carbocycles. The Morgan fingerprint density at radius 3 is 2.00 bits per heavy atom. The number of hydrogen-bond donors (Lipinski definition) is 1. The van der Waals surface area contributed by atoms with Gasteiger partial charge in [0.15, 0.2) is 0 Å². The highest BCUT2D eigenvalue weighted by atomic mass is 15.6. The van der Waals surface area contributed by atoms with Gasteiger partial charge in [0.2, 0.25) is 0 Å². The van der Waals surface area contributed by atoms with E-state index in [-0.39, 0.29) is 5.66 Å². The van der Waals surface area contributed by atoms with Crippen LogP contribution in [0, 0.1) is 6.92 Å². The normalized spacial score (nSPS) is 16.6. The number of nitrogens with two attached hydrogens (primary N) is 1. The summed E-state index contributed by atoms with van der Waals surface area (Å²) in [7, 11) is 0. The maximum Gasteiger partial charge on any atom is 0.126 e. The SMILES string of the molecule is Cc1ccccc1N1c2ccccc2N(N)C1(C)C. The summed E-state index contributed by atoms with van der Waals surface area (Å²) >= 11 is 0. The van der Waals surface area contributed by atoms with Crippen LogP contribution in [0.15, 0.2) is 48.5 Å². The van der Waals surface area contributed by atoms with Crippen molar-refractivity contribution < 1.29 is 0 Å². The Labute approximate surface area is 114 Å². The number of para-hydroxylation sites is 3. The van der Waals surface area contributed by atoms with Crippen molar-refractivity contribution in [2.75, 3.05) is 9.91 Å². The fourth-order valence-corrected chi connectivity index (χ4v) is 2.79. The van der Waals surface area contributed by atoms with E-state index in [9.17, 15) is 0 Å². The lowest BCUT2D eigenvalue weighted by atomic mass is 10.1. The second-order valence-corrected chi connectivity index (χ2v) is 5.48. The minimum Gasteiger partial charge on any atom is -0.315 e. The average Bonchev–Trinajstić information content (AvgIpc) is 2.59. The van der Waals surface area contributed by atoms with Crippen LogP contribution in [-0.4, -0.2) is 5.66 Å². The molecule has 0 unspecified atom stereocenters. The number of aryl methyl sites for hydroxylation is 1. The molecule has 98 valence electrons. The second kappa shape index (κ2) is 4.00. The standard InChI is InChI=1S/C16H19N3/c1-12-8-4-5-9-13(12)18-14-10-6-7-11-15(14)19(17)16(18,2)3/h4-11H,17H2,1-3H3. The van der Waals surface area contributed by atoms with E-state index in [1.807, 2.05) is 11.1 Å². The van der Waals surface area contributed by atoms with E-state index < -0.39 is 0 Å². The Kier molecular flexibility index (Phi) is 2.54. The summed E-state index contributed by atoms with van der Waals surface area (Å²) in [5.74, 6) is 6.29. The van der Waals surface area contributed by atoms with E-state index in [4.69, 9.17) is 5.84 Å². The van der Waals surface area contributed by atoms with Gasteiger partial charge < -0.3 is 4.90 Å². The zero-order valence-corrected chi connectivity index (χ0v) is 11.6. The van der Waals surface area contributed by atoms with Gasteiger partial charge in [0.1, 0.15) is 5.66 Å². The Balaban J connectivity index is 2.23. The van der Waals surface area contributed by atoms with Crippen molar-refractivity contribution in [3.8, 4) is 0 Å². The topological polar surface area (TPSA) is 32.5 Å². The molecular weight excluding hydrogens is 234 g/mol. The van der Waals surface area contributed by atoms with Gasteiger partial charge in [-0.1, -0.05) is 30.3 Å². The van der Waals surface area contributed by atoms with Crippen LogP contribution >= 0.6 is 0 Å². The van der Waals surface area contributed by atoms with Crippen molar-refractivity contribution >= 4 is 17.1 Å². The van der Waals surface area contributed by atoms with Gasteiger partial charge in [0.05, 0.1) is 11.4 Å². The minimum atomic E-state index is -0.282. The number of rotatable bonds is 1. The molecule has 2 aromatic carbocycles. The van der Waals surface area contributed by atoms with Gasteiger partial charge in [0.25, 0.3) is 0 Å². The van der Waals surface area contributed by atoms with Crippen molar-refractivity contribution in [3.05, 3.63) is 54.1 Å². The highest BCUT2D eigenvalue weighted by Gasteiger charge is 2.42. The molecule has 1 aliphatic rings. The van der Waals surface area contributed by atoms with Crippen LogP contribution in [0.1, 0.15) is 19.4 Å². The van der Waals surface area contributed by atoms with Gasteiger partial charge >= 0.3 is 0 Å². The van der Waals surface area contributed by atoms with E-state index in [1.165, 1.54) is 11.3 Å². The van der Waals surface area contributed by atoms with Crippen LogP contribution in [0.3, 0.4) is 0 Å². The molecule has 19 heavy (non-hydrogen) atoms. The number of hydrogen-bond acceptors (Lipinski definition) is 3. The molecule has 0 saturated carbocycles. The summed E-state index contributed by atoms with van der Waals surface area (Å²) < 4.78 is 0. The predicted octanol–water partition coefficient (Wildman–Crippen LogP) is 3.56. The van der Waals surface area contributed by atoms with Gasteiger partial charge in [-0.25, -0.2) is 5.84 Å². The fourth-order valence-electron chi connectivity index (χ4n) is 2.79. The molecule has 0 saturated heterocycles. The summed E-state index contributed by atoms with van der Waals surface area (Å²) in [6.45, 7) is 6.41. The van der Waals surface area contributed by atoms with Crippen molar-refractivity contribution in [2.45, 2.75) is 26.4 Å². The molecule has 3 rings (SSSR count). The third-order valence-corrected chi connectivity index (χ3v) is 3.88. The van der Waals surface area contributed by atoms with Gasteiger partial charge in [-0.15, -0.1) is 0 Å². The van der Waals surface area contributed by atoms with Gasteiger partial charge in [-0.3, -0.25) is 5.01 Å². The quantitative estimate of drug-likeness (QED) is 0.789. The maximum absolute atomic E-state index is 6.29. The summed E-state index contributed by atoms with van der Waals surface area (Å²) in [4.78, 5) is 2.30. The monoisotopic (exact) mass is 253 g/mol. The molecule has 1 aliphatic heterocycles. The highest BCUT2D eigenvalue weighted by Crippen LogP contribution is 2.47. The Morgan fingerprint density at radius 1 is 0.842 bits per heavy atom. The molecule has 3 heteroatoms. The second-order valence-electron chi connectivity index (χ2n) is 5.48. The molecule has 3 nitrogen and oxygen atoms in total. The van der Waals surface area contributed by atoms with Crippen molar-refractivity contribution in [3.63, 3.8) is 0 Å². The third kappa shape index (κ3) is 1.62. The molecule has 0 aromatic heterocycles. The highest BCUT2D eigenvalue weighted by molar-refractivity contribution is 5.85. The molecule has 2 aromatic rings. The van der Waals surface area contributed by atoms with Crippen LogP contribution in [-0.2, 0) is 0 Å². The van der Waals surface area contributed by atoms with E-state index in [1.54, 1.807) is 0 Å². The maximum atomic E-state index is 6.29. The molecule has 2 N–H and O–H groups in total. The van der Waals surface area contributed by atoms with Crippen molar-refractivity contribution in [2.24, 2.45) is 5.84 Å². The lowest BCUT2D eigenvalue weighted by molar-refractivity contribution is 0.500. The number of nitrogens with zero attached hydrogens (tertiary/aromatic N) is 2. The summed E-state index contributed by atoms with van der Waals surface area (Å²) in [6, 6.07) is 16.7.